The number of carbonyl (C=O) groups is 1. The van der Waals surface area contributed by atoms with Gasteiger partial charge in [-0.1, -0.05) is 18.2 Å². The molecule has 0 spiro atoms. The second-order valence-electron chi connectivity index (χ2n) is 7.98. The van der Waals surface area contributed by atoms with Gasteiger partial charge in [-0.15, -0.1) is 0 Å². The van der Waals surface area contributed by atoms with Gasteiger partial charge >= 0.3 is 0 Å². The highest BCUT2D eigenvalue weighted by Crippen LogP contribution is 2.25. The molecule has 0 aromatic heterocycles. The van der Waals surface area contributed by atoms with E-state index in [-0.39, 0.29) is 22.9 Å². The highest BCUT2D eigenvalue weighted by atomic mass is 32.2. The fraction of sp³-hybridized carbons (Fsp3) is 0.240. The SMILES string of the molecule is COc1ccc(N(CC(=O)NCCOc2ccc(S(=O)(=O)N(C)C)cc2)S(=O)(=O)c2ccccc2)cc1. The molecular weight excluding hydrogens is 518 g/mol. The van der Waals surface area contributed by atoms with E-state index in [1.54, 1.807) is 42.5 Å². The molecule has 3 rings (SSSR count). The van der Waals surface area contributed by atoms with Crippen molar-refractivity contribution >= 4 is 31.6 Å². The van der Waals surface area contributed by atoms with Crippen molar-refractivity contribution in [1.29, 1.82) is 0 Å². The molecule has 0 aliphatic heterocycles. The molecule has 0 unspecified atom stereocenters. The van der Waals surface area contributed by atoms with E-state index in [4.69, 9.17) is 9.47 Å². The van der Waals surface area contributed by atoms with E-state index in [2.05, 4.69) is 5.32 Å². The van der Waals surface area contributed by atoms with Gasteiger partial charge in [-0.2, -0.15) is 0 Å². The molecule has 3 aromatic rings. The van der Waals surface area contributed by atoms with Gasteiger partial charge in [-0.25, -0.2) is 21.1 Å². The third kappa shape index (κ3) is 7.00. The van der Waals surface area contributed by atoms with Crippen molar-refractivity contribution in [3.05, 3.63) is 78.9 Å². The molecule has 0 saturated carbocycles. The minimum Gasteiger partial charge on any atom is -0.497 e. The molecule has 10 nitrogen and oxygen atoms in total. The van der Waals surface area contributed by atoms with Gasteiger partial charge in [-0.05, 0) is 60.7 Å². The lowest BCUT2D eigenvalue weighted by Crippen LogP contribution is -2.41. The molecule has 0 fully saturated rings. The van der Waals surface area contributed by atoms with Crippen molar-refractivity contribution in [3.8, 4) is 11.5 Å². The predicted molar refractivity (Wildman–Crippen MR) is 140 cm³/mol. The van der Waals surface area contributed by atoms with E-state index in [0.717, 1.165) is 8.61 Å². The fourth-order valence-electron chi connectivity index (χ4n) is 3.25. The summed E-state index contributed by atoms with van der Waals surface area (Å²) in [6.07, 6.45) is 0. The molecule has 0 bridgehead atoms. The van der Waals surface area contributed by atoms with Gasteiger partial charge in [0, 0.05) is 14.1 Å². The molecule has 0 radical (unpaired) electrons. The molecule has 3 aromatic carbocycles. The van der Waals surface area contributed by atoms with Crippen molar-refractivity contribution in [2.24, 2.45) is 0 Å². The Kier molecular flexibility index (Phi) is 9.14. The molecule has 0 heterocycles. The molecule has 0 aliphatic carbocycles. The molecule has 1 amide bonds. The number of ether oxygens (including phenoxy) is 2. The maximum Gasteiger partial charge on any atom is 0.264 e. The van der Waals surface area contributed by atoms with Gasteiger partial charge in [0.25, 0.3) is 10.0 Å². The number of sulfonamides is 2. The quantitative estimate of drug-likeness (QED) is 0.345. The number of carbonyl (C=O) groups excluding carboxylic acids is 1. The molecule has 0 atom stereocenters. The lowest BCUT2D eigenvalue weighted by molar-refractivity contribution is -0.119. The van der Waals surface area contributed by atoms with Crippen LogP contribution in [-0.2, 0) is 24.8 Å². The normalized spacial score (nSPS) is 11.7. The van der Waals surface area contributed by atoms with Gasteiger partial charge in [-0.3, -0.25) is 9.10 Å². The Balaban J connectivity index is 1.63. The van der Waals surface area contributed by atoms with E-state index in [1.165, 1.54) is 57.6 Å². The minimum atomic E-state index is -4.02. The van der Waals surface area contributed by atoms with Crippen LogP contribution in [0.25, 0.3) is 0 Å². The second kappa shape index (κ2) is 12.1. The number of methoxy groups -OCH3 is 1. The number of anilines is 1. The maximum absolute atomic E-state index is 13.3. The van der Waals surface area contributed by atoms with Gasteiger partial charge in [0.1, 0.15) is 24.7 Å². The molecule has 37 heavy (non-hydrogen) atoms. The van der Waals surface area contributed by atoms with Crippen LogP contribution in [0.1, 0.15) is 0 Å². The number of amides is 1. The Labute approximate surface area is 217 Å². The zero-order chi connectivity index (χ0) is 27.1. The lowest BCUT2D eigenvalue weighted by atomic mass is 10.3. The highest BCUT2D eigenvalue weighted by Gasteiger charge is 2.27. The monoisotopic (exact) mass is 547 g/mol. The topological polar surface area (TPSA) is 122 Å². The fourth-order valence-corrected chi connectivity index (χ4v) is 5.59. The standard InChI is InChI=1S/C25H29N3O7S2/c1-27(2)36(30,31)24-15-13-22(14-16-24)35-18-17-26-25(29)19-28(20-9-11-21(34-3)12-10-20)37(32,33)23-7-5-4-6-8-23/h4-16H,17-19H2,1-3H3,(H,26,29). The first kappa shape index (κ1) is 28.0. The van der Waals surface area contributed by atoms with Crippen LogP contribution in [0.3, 0.4) is 0 Å². The average Bonchev–Trinajstić information content (AvgIpc) is 2.90. The summed E-state index contributed by atoms with van der Waals surface area (Å²) in [5.41, 5.74) is 0.309. The van der Waals surface area contributed by atoms with Crippen LogP contribution in [0.4, 0.5) is 5.69 Å². The summed E-state index contributed by atoms with van der Waals surface area (Å²) < 4.78 is 63.8. The smallest absolute Gasteiger partial charge is 0.264 e. The summed E-state index contributed by atoms with van der Waals surface area (Å²) in [4.78, 5) is 12.9. The summed E-state index contributed by atoms with van der Waals surface area (Å²) >= 11 is 0. The molecular formula is C25H29N3O7S2. The van der Waals surface area contributed by atoms with Crippen molar-refractivity contribution < 1.29 is 31.1 Å². The van der Waals surface area contributed by atoms with Crippen molar-refractivity contribution in [2.45, 2.75) is 9.79 Å². The van der Waals surface area contributed by atoms with Crippen molar-refractivity contribution in [3.63, 3.8) is 0 Å². The van der Waals surface area contributed by atoms with Gasteiger partial charge in [0.05, 0.1) is 29.1 Å². The molecule has 0 aliphatic rings. The van der Waals surface area contributed by atoms with Crippen LogP contribution in [0.2, 0.25) is 0 Å². The Bertz CT molecular complexity index is 1390. The highest BCUT2D eigenvalue weighted by molar-refractivity contribution is 7.92. The Morgan fingerprint density at radius 3 is 1.92 bits per heavy atom. The lowest BCUT2D eigenvalue weighted by Gasteiger charge is -2.24. The van der Waals surface area contributed by atoms with Crippen LogP contribution < -0.4 is 19.1 Å². The third-order valence-electron chi connectivity index (χ3n) is 5.27. The molecule has 0 saturated heterocycles. The van der Waals surface area contributed by atoms with E-state index in [1.807, 2.05) is 0 Å². The van der Waals surface area contributed by atoms with Gasteiger partial charge < -0.3 is 14.8 Å². The van der Waals surface area contributed by atoms with Crippen LogP contribution in [0.5, 0.6) is 11.5 Å². The summed E-state index contributed by atoms with van der Waals surface area (Å²) in [7, 11) is -3.16. The van der Waals surface area contributed by atoms with E-state index < -0.39 is 32.5 Å². The molecule has 1 N–H and O–H groups in total. The Morgan fingerprint density at radius 1 is 0.784 bits per heavy atom. The van der Waals surface area contributed by atoms with Crippen LogP contribution >= 0.6 is 0 Å². The maximum atomic E-state index is 13.3. The Morgan fingerprint density at radius 2 is 1.35 bits per heavy atom. The number of nitrogens with one attached hydrogen (secondary N) is 1. The number of hydrogen-bond acceptors (Lipinski definition) is 7. The zero-order valence-corrected chi connectivity index (χ0v) is 22.3. The summed E-state index contributed by atoms with van der Waals surface area (Å²) in [5, 5.41) is 2.65. The first-order chi connectivity index (χ1) is 17.6. The first-order valence-corrected chi connectivity index (χ1v) is 14.1. The summed E-state index contributed by atoms with van der Waals surface area (Å²) in [5.74, 6) is 0.458. The van der Waals surface area contributed by atoms with Gasteiger partial charge in [0.15, 0.2) is 0 Å². The van der Waals surface area contributed by atoms with Crippen LogP contribution in [-0.4, -0.2) is 67.9 Å². The summed E-state index contributed by atoms with van der Waals surface area (Å²) in [6, 6.07) is 20.1. The number of hydrogen-bond donors (Lipinski definition) is 1. The van der Waals surface area contributed by atoms with Crippen LogP contribution in [0, 0.1) is 0 Å². The number of benzene rings is 3. The first-order valence-electron chi connectivity index (χ1n) is 11.2. The predicted octanol–water partition coefficient (Wildman–Crippen LogP) is 2.34. The number of rotatable bonds is 12. The van der Waals surface area contributed by atoms with Crippen LogP contribution in [0.15, 0.2) is 88.7 Å². The third-order valence-corrected chi connectivity index (χ3v) is 8.89. The zero-order valence-electron chi connectivity index (χ0n) is 20.7. The van der Waals surface area contributed by atoms with E-state index in [0.29, 0.717) is 17.2 Å². The molecule has 198 valence electrons. The molecule has 12 heteroatoms. The minimum absolute atomic E-state index is 0.0571. The van der Waals surface area contributed by atoms with E-state index >= 15 is 0 Å². The second-order valence-corrected chi connectivity index (χ2v) is 12.0. The number of nitrogens with zero attached hydrogens (tertiary/aromatic N) is 2. The van der Waals surface area contributed by atoms with Gasteiger partial charge in [0.2, 0.25) is 15.9 Å². The largest absolute Gasteiger partial charge is 0.497 e. The van der Waals surface area contributed by atoms with E-state index in [9.17, 15) is 21.6 Å². The average molecular weight is 548 g/mol. The summed E-state index contributed by atoms with van der Waals surface area (Å²) in [6.45, 7) is -0.238. The van der Waals surface area contributed by atoms with Crippen molar-refractivity contribution in [2.75, 3.05) is 45.2 Å². The van der Waals surface area contributed by atoms with Crippen molar-refractivity contribution in [1.82, 2.24) is 9.62 Å². The Hall–Kier alpha value is -3.61.